The topological polar surface area (TPSA) is 53.4 Å². The molecule has 0 saturated heterocycles. The second kappa shape index (κ2) is 7.66. The average molecular weight is 319 g/mol. The van der Waals surface area contributed by atoms with E-state index in [2.05, 4.69) is 20.9 Å². The van der Waals surface area contributed by atoms with Crippen LogP contribution in [0, 0.1) is 6.92 Å². The summed E-state index contributed by atoms with van der Waals surface area (Å²) in [6, 6.07) is 0. The van der Waals surface area contributed by atoms with Crippen molar-refractivity contribution in [1.82, 2.24) is 9.55 Å². The second-order valence-electron chi connectivity index (χ2n) is 3.74. The highest BCUT2D eigenvalue weighted by Gasteiger charge is 2.11. The van der Waals surface area contributed by atoms with E-state index >= 15 is 0 Å². The summed E-state index contributed by atoms with van der Waals surface area (Å²) in [5.41, 5.74) is -0.0748. The maximum atomic E-state index is 11.9. The van der Waals surface area contributed by atoms with E-state index in [1.54, 1.807) is 4.57 Å². The third-order valence-corrected chi connectivity index (χ3v) is 3.04. The van der Waals surface area contributed by atoms with Crippen LogP contribution in [0.25, 0.3) is 0 Å². The molecule has 102 valence electrons. The molecule has 0 spiro atoms. The van der Waals surface area contributed by atoms with Crippen molar-refractivity contribution in [3.8, 4) is 0 Å². The van der Waals surface area contributed by atoms with Crippen LogP contribution in [0.2, 0.25) is 0 Å². The molecule has 1 heterocycles. The van der Waals surface area contributed by atoms with Gasteiger partial charge in [0.25, 0.3) is 5.56 Å². The van der Waals surface area contributed by atoms with Crippen LogP contribution in [0.1, 0.15) is 26.1 Å². The van der Waals surface area contributed by atoms with Crippen molar-refractivity contribution in [2.45, 2.75) is 40.0 Å². The fraction of sp³-hybridized carbons (Fsp3) is 0.667. The molecule has 0 N–H and O–H groups in total. The zero-order valence-electron chi connectivity index (χ0n) is 11.0. The Morgan fingerprint density at radius 2 is 2.00 bits per heavy atom. The molecule has 0 aromatic carbocycles. The Morgan fingerprint density at radius 1 is 1.39 bits per heavy atom. The Morgan fingerprint density at radius 3 is 2.56 bits per heavy atom. The molecule has 0 unspecified atom stereocenters. The van der Waals surface area contributed by atoms with Gasteiger partial charge in [-0.15, -0.1) is 0 Å². The Hall–Kier alpha value is -0.720. The molecule has 0 bridgehead atoms. The normalized spacial score (nSPS) is 11.2. The van der Waals surface area contributed by atoms with Crippen LogP contribution >= 0.6 is 15.9 Å². The molecule has 0 aliphatic rings. The van der Waals surface area contributed by atoms with Crippen LogP contribution in [0.15, 0.2) is 15.5 Å². The van der Waals surface area contributed by atoms with E-state index in [1.807, 2.05) is 20.8 Å². The lowest BCUT2D eigenvalue weighted by atomic mass is 10.4. The minimum atomic E-state index is -0.273. The molecule has 1 aromatic rings. The summed E-state index contributed by atoms with van der Waals surface area (Å²) in [4.78, 5) is 16.1. The molecule has 1 aromatic heterocycles. The fourth-order valence-electron chi connectivity index (χ4n) is 1.64. The van der Waals surface area contributed by atoms with Gasteiger partial charge in [-0.2, -0.15) is 0 Å². The molecule has 1 rings (SSSR count). The second-order valence-corrected chi connectivity index (χ2v) is 4.59. The largest absolute Gasteiger partial charge is 0.353 e. The van der Waals surface area contributed by atoms with Gasteiger partial charge in [0.1, 0.15) is 10.3 Å². The van der Waals surface area contributed by atoms with E-state index < -0.39 is 0 Å². The van der Waals surface area contributed by atoms with Gasteiger partial charge in [-0.1, -0.05) is 0 Å². The summed E-state index contributed by atoms with van der Waals surface area (Å²) in [5.74, 6) is 0.690. The van der Waals surface area contributed by atoms with Crippen molar-refractivity contribution in [3.05, 3.63) is 26.8 Å². The fourth-order valence-corrected chi connectivity index (χ4v) is 1.95. The molecular weight excluding hydrogens is 300 g/mol. The average Bonchev–Trinajstić information content (AvgIpc) is 2.34. The van der Waals surface area contributed by atoms with Crippen LogP contribution in [0.5, 0.6) is 0 Å². The summed E-state index contributed by atoms with van der Waals surface area (Å²) in [7, 11) is 0. The molecule has 0 radical (unpaired) electrons. The highest BCUT2D eigenvalue weighted by Crippen LogP contribution is 2.06. The van der Waals surface area contributed by atoms with Crippen molar-refractivity contribution in [2.75, 3.05) is 13.2 Å². The number of hydrogen-bond acceptors (Lipinski definition) is 4. The third kappa shape index (κ3) is 4.19. The molecule has 0 atom stereocenters. The molecule has 0 aliphatic heterocycles. The number of rotatable bonds is 7. The van der Waals surface area contributed by atoms with Crippen LogP contribution in [0.4, 0.5) is 0 Å². The van der Waals surface area contributed by atoms with Gasteiger partial charge < -0.3 is 9.47 Å². The first-order chi connectivity index (χ1) is 8.60. The monoisotopic (exact) mass is 318 g/mol. The van der Waals surface area contributed by atoms with E-state index in [4.69, 9.17) is 9.47 Å². The van der Waals surface area contributed by atoms with Crippen molar-refractivity contribution in [3.63, 3.8) is 0 Å². The lowest BCUT2D eigenvalue weighted by Crippen LogP contribution is -2.27. The van der Waals surface area contributed by atoms with E-state index in [1.165, 1.54) is 6.20 Å². The summed E-state index contributed by atoms with van der Waals surface area (Å²) in [6.45, 7) is 7.37. The van der Waals surface area contributed by atoms with Gasteiger partial charge in [0.05, 0.1) is 0 Å². The maximum absolute atomic E-state index is 11.9. The minimum absolute atomic E-state index is 0.0748. The summed E-state index contributed by atoms with van der Waals surface area (Å²) >= 11 is 3.19. The van der Waals surface area contributed by atoms with Gasteiger partial charge in [0.15, 0.2) is 6.29 Å². The smallest absolute Gasteiger partial charge is 0.267 e. The van der Waals surface area contributed by atoms with E-state index in [-0.39, 0.29) is 11.8 Å². The quantitative estimate of drug-likeness (QED) is 0.722. The van der Waals surface area contributed by atoms with Crippen LogP contribution in [-0.4, -0.2) is 29.1 Å². The Balaban J connectivity index is 2.72. The maximum Gasteiger partial charge on any atom is 0.267 e. The van der Waals surface area contributed by atoms with E-state index in [0.29, 0.717) is 36.5 Å². The van der Waals surface area contributed by atoms with Gasteiger partial charge in [-0.05, 0) is 36.7 Å². The SMILES string of the molecule is CCOC(CCn1c(C)ncc(Br)c1=O)OCC. The summed E-state index contributed by atoms with van der Waals surface area (Å²) in [6.07, 6.45) is 1.88. The van der Waals surface area contributed by atoms with Crippen molar-refractivity contribution in [1.29, 1.82) is 0 Å². The first-order valence-electron chi connectivity index (χ1n) is 6.05. The lowest BCUT2D eigenvalue weighted by Gasteiger charge is -2.18. The summed E-state index contributed by atoms with van der Waals surface area (Å²) < 4.78 is 13.0. The van der Waals surface area contributed by atoms with E-state index in [9.17, 15) is 4.79 Å². The molecule has 0 aliphatic carbocycles. The standard InChI is InChI=1S/C12H19BrN2O3/c1-4-17-11(18-5-2)6-7-15-9(3)14-8-10(13)12(15)16/h8,11H,4-7H2,1-3H3. The first-order valence-corrected chi connectivity index (χ1v) is 6.84. The van der Waals surface area contributed by atoms with Gasteiger partial charge in [0.2, 0.25) is 0 Å². The molecule has 0 amide bonds. The Labute approximate surface area is 115 Å². The number of ether oxygens (including phenoxy) is 2. The molecule has 5 nitrogen and oxygen atoms in total. The lowest BCUT2D eigenvalue weighted by molar-refractivity contribution is -0.141. The highest BCUT2D eigenvalue weighted by atomic mass is 79.9. The zero-order valence-corrected chi connectivity index (χ0v) is 12.6. The molecule has 0 saturated carbocycles. The zero-order chi connectivity index (χ0) is 13.5. The van der Waals surface area contributed by atoms with Crippen molar-refractivity contribution in [2.24, 2.45) is 0 Å². The van der Waals surface area contributed by atoms with Gasteiger partial charge in [-0.3, -0.25) is 9.36 Å². The predicted molar refractivity (Wildman–Crippen MR) is 72.6 cm³/mol. The number of aryl methyl sites for hydroxylation is 1. The Kier molecular flexibility index (Phi) is 6.52. The third-order valence-electron chi connectivity index (χ3n) is 2.50. The van der Waals surface area contributed by atoms with Crippen LogP contribution in [0.3, 0.4) is 0 Å². The van der Waals surface area contributed by atoms with Crippen molar-refractivity contribution < 1.29 is 9.47 Å². The Bertz CT molecular complexity index is 428. The minimum Gasteiger partial charge on any atom is -0.353 e. The molecule has 18 heavy (non-hydrogen) atoms. The van der Waals surface area contributed by atoms with Crippen LogP contribution < -0.4 is 5.56 Å². The molecule has 6 heteroatoms. The number of nitrogens with zero attached hydrogens (tertiary/aromatic N) is 2. The van der Waals surface area contributed by atoms with Gasteiger partial charge in [0, 0.05) is 32.4 Å². The summed E-state index contributed by atoms with van der Waals surface area (Å²) in [5, 5.41) is 0. The predicted octanol–water partition coefficient (Wildman–Crippen LogP) is 2.10. The number of halogens is 1. The number of hydrogen-bond donors (Lipinski definition) is 0. The molecular formula is C12H19BrN2O3. The van der Waals surface area contributed by atoms with Crippen molar-refractivity contribution >= 4 is 15.9 Å². The first kappa shape index (κ1) is 15.3. The molecule has 0 fully saturated rings. The van der Waals surface area contributed by atoms with Gasteiger partial charge in [-0.25, -0.2) is 4.98 Å². The van der Waals surface area contributed by atoms with Gasteiger partial charge >= 0.3 is 0 Å². The number of aromatic nitrogens is 2. The highest BCUT2D eigenvalue weighted by molar-refractivity contribution is 9.10. The van der Waals surface area contributed by atoms with E-state index in [0.717, 1.165) is 0 Å². The van der Waals surface area contributed by atoms with Crippen LogP contribution in [-0.2, 0) is 16.0 Å².